The van der Waals surface area contributed by atoms with Crippen LogP contribution in [0.5, 0.6) is 11.5 Å². The molecule has 9 heteroatoms. The third kappa shape index (κ3) is 5.27. The number of carbonyl (C=O) groups excluding carboxylic acids is 2. The van der Waals surface area contributed by atoms with E-state index in [1.165, 1.54) is 11.3 Å². The molecule has 2 aliphatic rings. The van der Waals surface area contributed by atoms with Gasteiger partial charge in [-0.25, -0.2) is 4.98 Å². The van der Waals surface area contributed by atoms with Crippen LogP contribution >= 0.6 is 0 Å². The van der Waals surface area contributed by atoms with Gasteiger partial charge in [0.2, 0.25) is 0 Å². The summed E-state index contributed by atoms with van der Waals surface area (Å²) in [4.78, 5) is 47.9. The number of nitrogens with zero attached hydrogens (tertiary/aromatic N) is 4. The third-order valence-corrected chi connectivity index (χ3v) is 8.33. The molecule has 0 saturated carbocycles. The molecule has 1 aromatic heterocycles. The predicted molar refractivity (Wildman–Crippen MR) is 159 cm³/mol. The first-order chi connectivity index (χ1) is 20.4. The van der Waals surface area contributed by atoms with E-state index in [2.05, 4.69) is 11.9 Å². The molecule has 3 heterocycles. The highest BCUT2D eigenvalue weighted by Gasteiger charge is 2.35. The Kier molecular flexibility index (Phi) is 7.75. The number of hydrogen-bond acceptors (Lipinski definition) is 7. The van der Waals surface area contributed by atoms with Gasteiger partial charge in [0.25, 0.3) is 17.4 Å². The number of likely N-dealkylation sites (tertiary alicyclic amines) is 1. The largest absolute Gasteiger partial charge is 0.493 e. The molecule has 2 amide bonds. The number of aryl methyl sites for hydroxylation is 1. The smallest absolute Gasteiger partial charge is 0.261 e. The molecule has 2 aliphatic heterocycles. The van der Waals surface area contributed by atoms with Crippen LogP contribution in [-0.2, 0) is 19.4 Å². The van der Waals surface area contributed by atoms with Crippen LogP contribution in [0.4, 0.5) is 0 Å². The monoisotopic (exact) mass is 566 g/mol. The molecule has 0 radical (unpaired) electrons. The molecule has 0 N–H and O–H groups in total. The average molecular weight is 567 g/mol. The number of methoxy groups -OCH3 is 1. The van der Waals surface area contributed by atoms with Crippen molar-refractivity contribution in [1.82, 2.24) is 19.4 Å². The van der Waals surface area contributed by atoms with E-state index in [4.69, 9.17) is 14.5 Å². The maximum absolute atomic E-state index is 13.6. The van der Waals surface area contributed by atoms with Gasteiger partial charge in [-0.2, -0.15) is 0 Å². The number of ether oxygens (including phenoxy) is 2. The van der Waals surface area contributed by atoms with Crippen molar-refractivity contribution in [2.24, 2.45) is 0 Å². The van der Waals surface area contributed by atoms with Gasteiger partial charge in [-0.3, -0.25) is 23.9 Å². The van der Waals surface area contributed by atoms with Crippen LogP contribution in [0.25, 0.3) is 10.9 Å². The highest BCUT2D eigenvalue weighted by molar-refractivity contribution is 6.21. The van der Waals surface area contributed by atoms with Crippen molar-refractivity contribution in [1.29, 1.82) is 0 Å². The molecular formula is C33H34N4O5. The summed E-state index contributed by atoms with van der Waals surface area (Å²) in [5, 5.41) is 0.529. The van der Waals surface area contributed by atoms with Crippen LogP contribution < -0.4 is 15.0 Å². The fourth-order valence-corrected chi connectivity index (χ4v) is 5.90. The van der Waals surface area contributed by atoms with Gasteiger partial charge in [0.05, 0.1) is 29.1 Å². The van der Waals surface area contributed by atoms with Crippen LogP contribution in [0.1, 0.15) is 44.9 Å². The molecule has 42 heavy (non-hydrogen) atoms. The van der Waals surface area contributed by atoms with Crippen LogP contribution in [0.15, 0.2) is 71.5 Å². The van der Waals surface area contributed by atoms with E-state index >= 15 is 0 Å². The first-order valence-corrected chi connectivity index (χ1v) is 14.4. The molecule has 0 aliphatic carbocycles. The molecular weight excluding hydrogens is 532 g/mol. The van der Waals surface area contributed by atoms with Crippen molar-refractivity contribution < 1.29 is 19.1 Å². The Bertz CT molecular complexity index is 1680. The summed E-state index contributed by atoms with van der Waals surface area (Å²) >= 11 is 0. The number of rotatable bonds is 10. The van der Waals surface area contributed by atoms with Crippen LogP contribution in [0.2, 0.25) is 0 Å². The van der Waals surface area contributed by atoms with Crippen LogP contribution in [0.3, 0.4) is 0 Å². The fourth-order valence-electron chi connectivity index (χ4n) is 5.90. The average Bonchev–Trinajstić information content (AvgIpc) is 3.53. The first-order valence-electron chi connectivity index (χ1n) is 14.4. The van der Waals surface area contributed by atoms with Crippen molar-refractivity contribution in [3.63, 3.8) is 0 Å². The number of aromatic nitrogens is 2. The second kappa shape index (κ2) is 11.8. The maximum atomic E-state index is 13.6. The number of imide groups is 1. The van der Waals surface area contributed by atoms with Gasteiger partial charge in [-0.1, -0.05) is 30.3 Å². The Morgan fingerprint density at radius 2 is 1.62 bits per heavy atom. The topological polar surface area (TPSA) is 94.0 Å². The summed E-state index contributed by atoms with van der Waals surface area (Å²) in [6.45, 7) is 2.18. The van der Waals surface area contributed by atoms with Gasteiger partial charge in [-0.05, 0) is 74.8 Å². The molecule has 9 nitrogen and oxygen atoms in total. The molecule has 1 fully saturated rings. The second-order valence-electron chi connectivity index (χ2n) is 10.9. The first kappa shape index (κ1) is 27.7. The number of fused-ring (bicyclic) bond motifs is 2. The van der Waals surface area contributed by atoms with Crippen LogP contribution in [0, 0.1) is 0 Å². The van der Waals surface area contributed by atoms with E-state index in [9.17, 15) is 14.4 Å². The summed E-state index contributed by atoms with van der Waals surface area (Å²) in [5.74, 6) is 1.25. The van der Waals surface area contributed by atoms with Crippen LogP contribution in [-0.4, -0.2) is 71.1 Å². The summed E-state index contributed by atoms with van der Waals surface area (Å²) in [6.07, 6.45) is 3.10. The minimum atomic E-state index is -0.320. The van der Waals surface area contributed by atoms with E-state index in [-0.39, 0.29) is 30.3 Å². The third-order valence-electron chi connectivity index (χ3n) is 8.33. The number of para-hydroxylation sites is 1. The standard InChI is InChI=1S/C33H34N4O5/c1-35-17-7-8-23(35)21-42-29-20-22(13-14-28(29)41-2)15-18-36-30(34-27-12-6-5-11-26(27)33(36)40)16-19-37-31(38)24-9-3-4-10-25(24)32(37)39/h3-6,9-14,20,23H,7-8,15-19,21H2,1-2H3. The molecule has 1 saturated heterocycles. The van der Waals surface area contributed by atoms with Crippen molar-refractivity contribution >= 4 is 22.7 Å². The number of carbonyl (C=O) groups is 2. The SMILES string of the molecule is COc1ccc(CCn2c(CCN3C(=O)c4ccccc4C3=O)nc3ccccc3c2=O)cc1OCC1CCCN1C. The zero-order valence-corrected chi connectivity index (χ0v) is 23.9. The number of hydrogen-bond donors (Lipinski definition) is 0. The van der Waals surface area contributed by atoms with E-state index in [1.807, 2.05) is 30.3 Å². The zero-order valence-electron chi connectivity index (χ0n) is 23.9. The van der Waals surface area contributed by atoms with Gasteiger partial charge in [0, 0.05) is 25.6 Å². The Labute approximate surface area is 244 Å². The summed E-state index contributed by atoms with van der Waals surface area (Å²) in [7, 11) is 3.75. The van der Waals surface area contributed by atoms with Crippen molar-refractivity contribution in [3.05, 3.63) is 99.6 Å². The summed E-state index contributed by atoms with van der Waals surface area (Å²) in [5.41, 5.74) is 2.25. The lowest BCUT2D eigenvalue weighted by atomic mass is 10.1. The van der Waals surface area contributed by atoms with E-state index in [1.54, 1.807) is 48.1 Å². The molecule has 3 aromatic carbocycles. The lowest BCUT2D eigenvalue weighted by Crippen LogP contribution is -2.34. The maximum Gasteiger partial charge on any atom is 0.261 e. The van der Waals surface area contributed by atoms with Gasteiger partial charge in [0.1, 0.15) is 12.4 Å². The lowest BCUT2D eigenvalue weighted by Gasteiger charge is -2.21. The van der Waals surface area contributed by atoms with E-state index < -0.39 is 0 Å². The number of likely N-dealkylation sites (N-methyl/N-ethyl adjacent to an activating group) is 1. The number of benzene rings is 3. The normalized spacial score (nSPS) is 16.8. The minimum Gasteiger partial charge on any atom is -0.493 e. The number of amides is 2. The predicted octanol–water partition coefficient (Wildman–Crippen LogP) is 3.96. The second-order valence-corrected chi connectivity index (χ2v) is 10.9. The van der Waals surface area contributed by atoms with Crippen molar-refractivity contribution in [2.75, 3.05) is 33.9 Å². The Balaban J connectivity index is 1.23. The molecule has 0 spiro atoms. The highest BCUT2D eigenvalue weighted by atomic mass is 16.5. The molecule has 1 unspecified atom stereocenters. The minimum absolute atomic E-state index is 0.132. The zero-order chi connectivity index (χ0) is 29.2. The lowest BCUT2D eigenvalue weighted by molar-refractivity contribution is 0.0655. The van der Waals surface area contributed by atoms with E-state index in [0.29, 0.717) is 65.0 Å². The highest BCUT2D eigenvalue weighted by Crippen LogP contribution is 2.30. The molecule has 216 valence electrons. The Hall–Kier alpha value is -4.50. The van der Waals surface area contributed by atoms with Crippen molar-refractivity contribution in [3.8, 4) is 11.5 Å². The molecule has 1 atom stereocenters. The molecule has 0 bridgehead atoms. The van der Waals surface area contributed by atoms with Gasteiger partial charge >= 0.3 is 0 Å². The molecule has 6 rings (SSSR count). The molecule has 4 aromatic rings. The summed E-state index contributed by atoms with van der Waals surface area (Å²) < 4.78 is 13.4. The summed E-state index contributed by atoms with van der Waals surface area (Å²) in [6, 6.07) is 20.3. The quantitative estimate of drug-likeness (QED) is 0.268. The van der Waals surface area contributed by atoms with Gasteiger partial charge in [-0.15, -0.1) is 0 Å². The van der Waals surface area contributed by atoms with Gasteiger partial charge < -0.3 is 14.4 Å². The fraction of sp³-hybridized carbons (Fsp3) is 0.333. The Morgan fingerprint density at radius 3 is 2.33 bits per heavy atom. The van der Waals surface area contributed by atoms with Gasteiger partial charge in [0.15, 0.2) is 11.5 Å². The Morgan fingerprint density at radius 1 is 0.881 bits per heavy atom. The van der Waals surface area contributed by atoms with Crippen molar-refractivity contribution in [2.45, 2.75) is 38.3 Å². The van der Waals surface area contributed by atoms with E-state index in [0.717, 1.165) is 18.5 Å².